The highest BCUT2D eigenvalue weighted by molar-refractivity contribution is 9.10. The van der Waals surface area contributed by atoms with Crippen molar-refractivity contribution >= 4 is 21.6 Å². The van der Waals surface area contributed by atoms with Crippen LogP contribution in [0.4, 0.5) is 5.69 Å². The molecule has 3 nitrogen and oxygen atoms in total. The molecular formula is C10H10BrNO2. The number of nitrogens with zero attached hydrogens (tertiary/aromatic N) is 1. The van der Waals surface area contributed by atoms with Gasteiger partial charge in [0.2, 0.25) is 0 Å². The Morgan fingerprint density at radius 1 is 1.57 bits per heavy atom. The van der Waals surface area contributed by atoms with E-state index in [1.807, 2.05) is 12.1 Å². The van der Waals surface area contributed by atoms with Crippen LogP contribution in [0.15, 0.2) is 22.7 Å². The van der Waals surface area contributed by atoms with Crippen LogP contribution in [0.3, 0.4) is 0 Å². The van der Waals surface area contributed by atoms with Crippen LogP contribution in [-0.4, -0.2) is 4.92 Å². The molecule has 0 amide bonds. The molecule has 0 aromatic heterocycles. The molecule has 1 saturated carbocycles. The van der Waals surface area contributed by atoms with Crippen molar-refractivity contribution in [2.75, 3.05) is 0 Å². The van der Waals surface area contributed by atoms with Crippen molar-refractivity contribution in [2.24, 2.45) is 5.92 Å². The SMILES string of the molecule is C[C@@H]1C[C@H]1c1ccc(Br)cc1[N+](=O)[O-]. The number of rotatable bonds is 2. The van der Waals surface area contributed by atoms with E-state index in [1.54, 1.807) is 6.07 Å². The van der Waals surface area contributed by atoms with E-state index in [0.29, 0.717) is 11.8 Å². The van der Waals surface area contributed by atoms with Gasteiger partial charge >= 0.3 is 0 Å². The summed E-state index contributed by atoms with van der Waals surface area (Å²) in [6, 6.07) is 5.31. The van der Waals surface area contributed by atoms with E-state index in [-0.39, 0.29) is 10.6 Å². The summed E-state index contributed by atoms with van der Waals surface area (Å²) in [5.41, 5.74) is 1.12. The van der Waals surface area contributed by atoms with E-state index in [4.69, 9.17) is 0 Å². The van der Waals surface area contributed by atoms with E-state index >= 15 is 0 Å². The van der Waals surface area contributed by atoms with Gasteiger partial charge in [0.05, 0.1) is 4.92 Å². The van der Waals surface area contributed by atoms with Crippen LogP contribution in [0.2, 0.25) is 0 Å². The van der Waals surface area contributed by atoms with Crippen molar-refractivity contribution in [1.29, 1.82) is 0 Å². The molecule has 2 rings (SSSR count). The molecule has 2 atom stereocenters. The molecule has 0 radical (unpaired) electrons. The molecule has 1 aliphatic rings. The summed E-state index contributed by atoms with van der Waals surface area (Å²) in [7, 11) is 0. The van der Waals surface area contributed by atoms with Gasteiger partial charge in [-0.3, -0.25) is 10.1 Å². The number of benzene rings is 1. The average Bonchev–Trinajstić information content (AvgIpc) is 2.82. The Labute approximate surface area is 90.4 Å². The first-order valence-corrected chi connectivity index (χ1v) is 5.32. The Kier molecular flexibility index (Phi) is 2.31. The third kappa shape index (κ3) is 1.66. The van der Waals surface area contributed by atoms with Crippen LogP contribution in [0.5, 0.6) is 0 Å². The predicted molar refractivity (Wildman–Crippen MR) is 57.3 cm³/mol. The molecule has 0 aliphatic heterocycles. The van der Waals surface area contributed by atoms with Gasteiger partial charge in [-0.15, -0.1) is 0 Å². The Morgan fingerprint density at radius 3 is 2.71 bits per heavy atom. The fraction of sp³-hybridized carbons (Fsp3) is 0.400. The standard InChI is InChI=1S/C10H10BrNO2/c1-6-4-9(6)8-3-2-7(11)5-10(8)12(13)14/h2-3,5-6,9H,4H2,1H3/t6-,9-/m1/s1. The van der Waals surface area contributed by atoms with E-state index in [1.165, 1.54) is 0 Å². The molecule has 74 valence electrons. The number of hydrogen-bond donors (Lipinski definition) is 0. The highest BCUT2D eigenvalue weighted by atomic mass is 79.9. The first-order chi connectivity index (χ1) is 6.59. The smallest absolute Gasteiger partial charge is 0.258 e. The van der Waals surface area contributed by atoms with E-state index in [2.05, 4.69) is 22.9 Å². The molecule has 0 unspecified atom stereocenters. The summed E-state index contributed by atoms with van der Waals surface area (Å²) in [5.74, 6) is 0.985. The monoisotopic (exact) mass is 255 g/mol. The third-order valence-corrected chi connectivity index (χ3v) is 3.19. The quantitative estimate of drug-likeness (QED) is 0.600. The fourth-order valence-electron chi connectivity index (χ4n) is 1.74. The lowest BCUT2D eigenvalue weighted by Gasteiger charge is -2.01. The van der Waals surface area contributed by atoms with Gasteiger partial charge in [-0.25, -0.2) is 0 Å². The van der Waals surface area contributed by atoms with Gasteiger partial charge < -0.3 is 0 Å². The molecule has 0 N–H and O–H groups in total. The van der Waals surface area contributed by atoms with Gasteiger partial charge in [-0.1, -0.05) is 28.9 Å². The zero-order valence-electron chi connectivity index (χ0n) is 7.74. The van der Waals surface area contributed by atoms with Gasteiger partial charge in [0.15, 0.2) is 0 Å². The molecule has 0 spiro atoms. The molecule has 0 saturated heterocycles. The Bertz CT molecular complexity index is 392. The van der Waals surface area contributed by atoms with Gasteiger partial charge in [-0.2, -0.15) is 0 Å². The minimum absolute atomic E-state index is 0.244. The molecule has 1 aliphatic carbocycles. The molecule has 1 fully saturated rings. The van der Waals surface area contributed by atoms with E-state index in [0.717, 1.165) is 16.5 Å². The summed E-state index contributed by atoms with van der Waals surface area (Å²) in [4.78, 5) is 10.5. The van der Waals surface area contributed by atoms with Crippen LogP contribution < -0.4 is 0 Å². The zero-order chi connectivity index (χ0) is 10.3. The van der Waals surface area contributed by atoms with Gasteiger partial charge in [-0.05, 0) is 24.3 Å². The maximum atomic E-state index is 10.8. The van der Waals surface area contributed by atoms with Gasteiger partial charge in [0.1, 0.15) is 0 Å². The fourth-order valence-corrected chi connectivity index (χ4v) is 2.09. The van der Waals surface area contributed by atoms with E-state index in [9.17, 15) is 10.1 Å². The molecule has 4 heteroatoms. The van der Waals surface area contributed by atoms with Crippen LogP contribution in [0, 0.1) is 16.0 Å². The lowest BCUT2D eigenvalue weighted by molar-refractivity contribution is -0.385. The van der Waals surface area contributed by atoms with Crippen LogP contribution >= 0.6 is 15.9 Å². The van der Waals surface area contributed by atoms with E-state index < -0.39 is 0 Å². The van der Waals surface area contributed by atoms with Gasteiger partial charge in [0.25, 0.3) is 5.69 Å². The number of nitro groups is 1. The average molecular weight is 256 g/mol. The summed E-state index contributed by atoms with van der Waals surface area (Å²) in [6.45, 7) is 2.12. The first kappa shape index (κ1) is 9.65. The third-order valence-electron chi connectivity index (χ3n) is 2.70. The second-order valence-electron chi connectivity index (χ2n) is 3.78. The van der Waals surface area contributed by atoms with Gasteiger partial charge in [0, 0.05) is 16.1 Å². The maximum Gasteiger partial charge on any atom is 0.274 e. The molecule has 0 heterocycles. The molecule has 14 heavy (non-hydrogen) atoms. The minimum atomic E-state index is -0.300. The largest absolute Gasteiger partial charge is 0.274 e. The van der Waals surface area contributed by atoms with Crippen LogP contribution in [-0.2, 0) is 0 Å². The first-order valence-electron chi connectivity index (χ1n) is 4.53. The van der Waals surface area contributed by atoms with Crippen molar-refractivity contribution in [3.8, 4) is 0 Å². The van der Waals surface area contributed by atoms with Crippen molar-refractivity contribution in [3.63, 3.8) is 0 Å². The molecule has 1 aromatic carbocycles. The second kappa shape index (κ2) is 3.35. The topological polar surface area (TPSA) is 43.1 Å². The minimum Gasteiger partial charge on any atom is -0.258 e. The molecular weight excluding hydrogens is 246 g/mol. The summed E-state index contributed by atoms with van der Waals surface area (Å²) < 4.78 is 0.765. The lowest BCUT2D eigenvalue weighted by Crippen LogP contribution is -1.94. The van der Waals surface area contributed by atoms with Crippen molar-refractivity contribution in [2.45, 2.75) is 19.3 Å². The highest BCUT2D eigenvalue weighted by Gasteiger charge is 2.38. The van der Waals surface area contributed by atoms with Crippen LogP contribution in [0.1, 0.15) is 24.8 Å². The molecule has 0 bridgehead atoms. The Hall–Kier alpha value is -0.900. The Morgan fingerprint density at radius 2 is 2.21 bits per heavy atom. The Balaban J connectivity index is 2.43. The normalized spacial score (nSPS) is 24.7. The number of nitro benzene ring substituents is 1. The second-order valence-corrected chi connectivity index (χ2v) is 4.70. The number of halogens is 1. The lowest BCUT2D eigenvalue weighted by atomic mass is 10.1. The van der Waals surface area contributed by atoms with Crippen molar-refractivity contribution < 1.29 is 4.92 Å². The molecule has 1 aromatic rings. The maximum absolute atomic E-state index is 10.8. The summed E-state index contributed by atoms with van der Waals surface area (Å²) >= 11 is 3.24. The zero-order valence-corrected chi connectivity index (χ0v) is 9.32. The van der Waals surface area contributed by atoms with Crippen molar-refractivity contribution in [3.05, 3.63) is 38.3 Å². The predicted octanol–water partition coefficient (Wildman–Crippen LogP) is 3.48. The summed E-state index contributed by atoms with van der Waals surface area (Å²) in [6.07, 6.45) is 1.07. The highest BCUT2D eigenvalue weighted by Crippen LogP contribution is 2.50. The van der Waals surface area contributed by atoms with Crippen LogP contribution in [0.25, 0.3) is 0 Å². The van der Waals surface area contributed by atoms with Crippen molar-refractivity contribution in [1.82, 2.24) is 0 Å². The summed E-state index contributed by atoms with van der Waals surface area (Å²) in [5, 5.41) is 10.8. The number of hydrogen-bond acceptors (Lipinski definition) is 2.